The first-order chi connectivity index (χ1) is 11.9. The molecule has 3 rings (SSSR count). The number of benzene rings is 2. The minimum absolute atomic E-state index is 0.0937. The second-order valence-electron chi connectivity index (χ2n) is 5.53. The van der Waals surface area contributed by atoms with Gasteiger partial charge in [0.05, 0.1) is 11.7 Å². The molecule has 0 radical (unpaired) electrons. The number of carbonyl (C=O) groups excluding carboxylic acids is 2. The zero-order valence-corrected chi connectivity index (χ0v) is 13.2. The van der Waals surface area contributed by atoms with Crippen molar-refractivity contribution in [2.24, 2.45) is 0 Å². The summed E-state index contributed by atoms with van der Waals surface area (Å²) in [6, 6.07) is 6.72. The van der Waals surface area contributed by atoms with Gasteiger partial charge in [-0.25, -0.2) is 13.6 Å². The van der Waals surface area contributed by atoms with Crippen LogP contribution in [0.5, 0.6) is 5.75 Å². The van der Waals surface area contributed by atoms with Crippen LogP contribution in [0.15, 0.2) is 36.4 Å². The summed E-state index contributed by atoms with van der Waals surface area (Å²) in [5.74, 6) is -1.22. The van der Waals surface area contributed by atoms with Crippen molar-refractivity contribution >= 4 is 23.3 Å². The number of halogens is 2. The van der Waals surface area contributed by atoms with Crippen molar-refractivity contribution in [3.05, 3.63) is 53.6 Å². The van der Waals surface area contributed by atoms with Crippen molar-refractivity contribution in [1.29, 1.82) is 0 Å². The summed E-state index contributed by atoms with van der Waals surface area (Å²) in [5.41, 5.74) is 1.14. The summed E-state index contributed by atoms with van der Waals surface area (Å²) in [5, 5.41) is 7.80. The van der Waals surface area contributed by atoms with Gasteiger partial charge in [0.15, 0.2) is 6.61 Å². The maximum Gasteiger partial charge on any atom is 0.319 e. The first-order valence-corrected chi connectivity index (χ1v) is 7.51. The minimum atomic E-state index is -0.731. The number of ether oxygens (including phenoxy) is 1. The molecule has 0 fully saturated rings. The second-order valence-corrected chi connectivity index (χ2v) is 5.53. The predicted octanol–water partition coefficient (Wildman–Crippen LogP) is 3.18. The van der Waals surface area contributed by atoms with Gasteiger partial charge in [0.2, 0.25) is 0 Å². The fourth-order valence-corrected chi connectivity index (χ4v) is 2.45. The average molecular weight is 347 g/mol. The van der Waals surface area contributed by atoms with E-state index in [-0.39, 0.29) is 18.1 Å². The lowest BCUT2D eigenvalue weighted by Gasteiger charge is -2.19. The van der Waals surface area contributed by atoms with Crippen molar-refractivity contribution in [2.75, 3.05) is 17.2 Å². The van der Waals surface area contributed by atoms with E-state index in [0.717, 1.165) is 12.1 Å². The Morgan fingerprint density at radius 1 is 1.24 bits per heavy atom. The van der Waals surface area contributed by atoms with E-state index in [1.54, 1.807) is 25.1 Å². The maximum absolute atomic E-state index is 13.7. The molecule has 1 heterocycles. The molecule has 0 aromatic heterocycles. The van der Waals surface area contributed by atoms with Crippen LogP contribution >= 0.6 is 0 Å². The van der Waals surface area contributed by atoms with Crippen molar-refractivity contribution in [3.63, 3.8) is 0 Å². The molecular weight excluding hydrogens is 332 g/mol. The minimum Gasteiger partial charge on any atom is -0.482 e. The molecule has 8 heteroatoms. The number of rotatable bonds is 3. The van der Waals surface area contributed by atoms with Gasteiger partial charge in [0.25, 0.3) is 5.91 Å². The molecule has 25 heavy (non-hydrogen) atoms. The lowest BCUT2D eigenvalue weighted by molar-refractivity contribution is -0.118. The number of urea groups is 1. The first-order valence-electron chi connectivity index (χ1n) is 7.51. The number of amides is 3. The first kappa shape index (κ1) is 16.7. The van der Waals surface area contributed by atoms with Crippen LogP contribution in [0.1, 0.15) is 18.5 Å². The van der Waals surface area contributed by atoms with Crippen LogP contribution in [-0.2, 0) is 4.79 Å². The molecule has 2 aromatic rings. The largest absolute Gasteiger partial charge is 0.482 e. The van der Waals surface area contributed by atoms with Gasteiger partial charge in [-0.3, -0.25) is 4.79 Å². The number of hydrogen-bond donors (Lipinski definition) is 3. The van der Waals surface area contributed by atoms with E-state index in [1.165, 1.54) is 6.07 Å². The van der Waals surface area contributed by atoms with Gasteiger partial charge in [0, 0.05) is 23.4 Å². The highest BCUT2D eigenvalue weighted by Crippen LogP contribution is 2.30. The lowest BCUT2D eigenvalue weighted by atomic mass is 10.1. The number of nitrogens with one attached hydrogen (secondary N) is 3. The van der Waals surface area contributed by atoms with E-state index in [2.05, 4.69) is 16.0 Å². The molecule has 3 N–H and O–H groups in total. The molecule has 1 atom stereocenters. The highest BCUT2D eigenvalue weighted by molar-refractivity contribution is 5.96. The zero-order chi connectivity index (χ0) is 18.0. The van der Waals surface area contributed by atoms with Crippen LogP contribution in [0.4, 0.5) is 25.0 Å². The molecule has 130 valence electrons. The molecule has 0 spiro atoms. The molecule has 0 bridgehead atoms. The highest BCUT2D eigenvalue weighted by atomic mass is 19.1. The van der Waals surface area contributed by atoms with Crippen LogP contribution in [0.3, 0.4) is 0 Å². The molecule has 0 saturated carbocycles. The number of hydrogen-bond acceptors (Lipinski definition) is 3. The number of carbonyl (C=O) groups is 2. The third-order valence-electron chi connectivity index (χ3n) is 3.65. The van der Waals surface area contributed by atoms with Gasteiger partial charge in [-0.15, -0.1) is 0 Å². The van der Waals surface area contributed by atoms with Crippen molar-refractivity contribution in [3.8, 4) is 5.75 Å². The lowest BCUT2D eigenvalue weighted by Crippen LogP contribution is -2.31. The summed E-state index contributed by atoms with van der Waals surface area (Å²) < 4.78 is 31.9. The summed E-state index contributed by atoms with van der Waals surface area (Å²) >= 11 is 0. The van der Waals surface area contributed by atoms with E-state index in [1.807, 2.05) is 0 Å². The quantitative estimate of drug-likeness (QED) is 0.798. The SMILES string of the molecule is CC(NC(=O)Nc1ccc2c(c1)OCC(=O)N2)c1ccc(F)cc1F. The van der Waals surface area contributed by atoms with Crippen molar-refractivity contribution in [1.82, 2.24) is 5.32 Å². The van der Waals surface area contributed by atoms with Crippen LogP contribution in [0.25, 0.3) is 0 Å². The van der Waals surface area contributed by atoms with Crippen molar-refractivity contribution in [2.45, 2.75) is 13.0 Å². The Labute approximate surface area is 142 Å². The number of anilines is 2. The van der Waals surface area contributed by atoms with Gasteiger partial charge in [0.1, 0.15) is 17.4 Å². The van der Waals surface area contributed by atoms with E-state index in [4.69, 9.17) is 4.74 Å². The molecule has 1 unspecified atom stereocenters. The second kappa shape index (κ2) is 6.76. The van der Waals surface area contributed by atoms with Crippen molar-refractivity contribution < 1.29 is 23.1 Å². The molecule has 1 aliphatic rings. The monoisotopic (exact) mass is 347 g/mol. The highest BCUT2D eigenvalue weighted by Gasteiger charge is 2.18. The molecule has 0 aliphatic carbocycles. The van der Waals surface area contributed by atoms with Crippen LogP contribution in [-0.4, -0.2) is 18.5 Å². The predicted molar refractivity (Wildman–Crippen MR) is 87.5 cm³/mol. The average Bonchev–Trinajstić information content (AvgIpc) is 2.54. The maximum atomic E-state index is 13.7. The van der Waals surface area contributed by atoms with E-state index >= 15 is 0 Å². The fourth-order valence-electron chi connectivity index (χ4n) is 2.45. The summed E-state index contributed by atoms with van der Waals surface area (Å²) in [4.78, 5) is 23.3. The molecule has 0 saturated heterocycles. The third kappa shape index (κ3) is 3.85. The Kier molecular flexibility index (Phi) is 4.51. The normalized spacial score (nSPS) is 14.0. The van der Waals surface area contributed by atoms with Crippen LogP contribution < -0.4 is 20.7 Å². The summed E-state index contributed by atoms with van der Waals surface area (Å²) in [6.45, 7) is 1.49. The van der Waals surface area contributed by atoms with E-state index in [9.17, 15) is 18.4 Å². The smallest absolute Gasteiger partial charge is 0.319 e. The Morgan fingerprint density at radius 2 is 2.04 bits per heavy atom. The van der Waals surface area contributed by atoms with Gasteiger partial charge in [-0.2, -0.15) is 0 Å². The van der Waals surface area contributed by atoms with Gasteiger partial charge >= 0.3 is 6.03 Å². The fraction of sp³-hybridized carbons (Fsp3) is 0.176. The Hall–Kier alpha value is -3.16. The third-order valence-corrected chi connectivity index (χ3v) is 3.65. The Balaban J connectivity index is 1.65. The summed E-state index contributed by atoms with van der Waals surface area (Å²) in [6.07, 6.45) is 0. The standard InChI is InChI=1S/C17H15F2N3O3/c1-9(12-4-2-10(18)6-13(12)19)20-17(24)21-11-3-5-14-15(7-11)25-8-16(23)22-14/h2-7,9H,8H2,1H3,(H,22,23)(H2,20,21,24). The molecule has 3 amide bonds. The van der Waals surface area contributed by atoms with Gasteiger partial charge in [-0.1, -0.05) is 6.07 Å². The molecular formula is C17H15F2N3O3. The Morgan fingerprint density at radius 3 is 2.80 bits per heavy atom. The van der Waals surface area contributed by atoms with Crippen LogP contribution in [0, 0.1) is 11.6 Å². The molecule has 2 aromatic carbocycles. The van der Waals surface area contributed by atoms with E-state index < -0.39 is 23.7 Å². The van der Waals surface area contributed by atoms with Gasteiger partial charge in [-0.05, 0) is 25.1 Å². The van der Waals surface area contributed by atoms with E-state index in [0.29, 0.717) is 17.1 Å². The van der Waals surface area contributed by atoms with Gasteiger partial charge < -0.3 is 20.7 Å². The molecule has 1 aliphatic heterocycles. The van der Waals surface area contributed by atoms with Crippen LogP contribution in [0.2, 0.25) is 0 Å². The molecule has 6 nitrogen and oxygen atoms in total. The Bertz CT molecular complexity index is 842. The topological polar surface area (TPSA) is 79.5 Å². The zero-order valence-electron chi connectivity index (χ0n) is 13.2. The summed E-state index contributed by atoms with van der Waals surface area (Å²) in [7, 11) is 0. The number of fused-ring (bicyclic) bond motifs is 1.